The Bertz CT molecular complexity index is 949. The molecule has 2 aromatic heterocycles. The van der Waals surface area contributed by atoms with Crippen LogP contribution in [0.15, 0.2) is 24.4 Å². The average Bonchev–Trinajstić information content (AvgIpc) is 2.65. The standard InChI is InChI=1S/C21H27FN6O2/c1-12(2)26-16-8-19(28-18-7-6-14(9-23)13(3)27-18)24-10-15(16)20(29)25-11-17(22)21(4,5)30/h6-8,10,12,17,30H,11H2,1-5H3,(H,25,29)(H2,24,26,27,28)/t17-/m1/s1. The van der Waals surface area contributed by atoms with Crippen LogP contribution >= 0.6 is 0 Å². The Kier molecular flexibility index (Phi) is 7.29. The highest BCUT2D eigenvalue weighted by molar-refractivity contribution is 5.99. The van der Waals surface area contributed by atoms with E-state index in [1.807, 2.05) is 13.8 Å². The maximum Gasteiger partial charge on any atom is 0.255 e. The van der Waals surface area contributed by atoms with E-state index in [-0.39, 0.29) is 18.2 Å². The van der Waals surface area contributed by atoms with Gasteiger partial charge in [-0.15, -0.1) is 0 Å². The summed E-state index contributed by atoms with van der Waals surface area (Å²) in [6.45, 7) is 7.95. The molecule has 0 radical (unpaired) electrons. The molecule has 0 unspecified atom stereocenters. The van der Waals surface area contributed by atoms with Gasteiger partial charge in [0.25, 0.3) is 5.91 Å². The number of nitrogens with zero attached hydrogens (tertiary/aromatic N) is 3. The second kappa shape index (κ2) is 9.50. The fourth-order valence-corrected chi connectivity index (χ4v) is 2.54. The van der Waals surface area contributed by atoms with Gasteiger partial charge < -0.3 is 21.1 Å². The van der Waals surface area contributed by atoms with Crippen molar-refractivity contribution in [3.63, 3.8) is 0 Å². The summed E-state index contributed by atoms with van der Waals surface area (Å²) in [6, 6.07) is 7.09. The van der Waals surface area contributed by atoms with Crippen LogP contribution in [0, 0.1) is 18.3 Å². The fourth-order valence-electron chi connectivity index (χ4n) is 2.54. The summed E-state index contributed by atoms with van der Waals surface area (Å²) in [5.74, 6) is 0.458. The zero-order chi connectivity index (χ0) is 22.5. The van der Waals surface area contributed by atoms with E-state index >= 15 is 0 Å². The van der Waals surface area contributed by atoms with Crippen molar-refractivity contribution >= 4 is 23.2 Å². The Labute approximate surface area is 175 Å². The normalized spacial score (nSPS) is 12.2. The van der Waals surface area contributed by atoms with Crippen molar-refractivity contribution in [3.05, 3.63) is 41.2 Å². The molecule has 1 amide bonds. The van der Waals surface area contributed by atoms with E-state index in [4.69, 9.17) is 5.26 Å². The molecular weight excluding hydrogens is 387 g/mol. The minimum atomic E-state index is -1.61. The second-order valence-corrected chi connectivity index (χ2v) is 7.81. The first kappa shape index (κ1) is 23.0. The summed E-state index contributed by atoms with van der Waals surface area (Å²) in [4.78, 5) is 21.1. The van der Waals surface area contributed by atoms with Crippen molar-refractivity contribution in [2.24, 2.45) is 0 Å². The molecule has 0 aliphatic rings. The number of rotatable bonds is 8. The van der Waals surface area contributed by atoms with E-state index in [9.17, 15) is 14.3 Å². The van der Waals surface area contributed by atoms with Crippen molar-refractivity contribution in [2.75, 3.05) is 17.2 Å². The van der Waals surface area contributed by atoms with Crippen molar-refractivity contribution < 1.29 is 14.3 Å². The number of carbonyl (C=O) groups is 1. The molecule has 0 bridgehead atoms. The number of aromatic nitrogens is 2. The molecule has 0 saturated heterocycles. The lowest BCUT2D eigenvalue weighted by atomic mass is 10.0. The smallest absolute Gasteiger partial charge is 0.255 e. The third kappa shape index (κ3) is 6.12. The molecule has 0 aromatic carbocycles. The van der Waals surface area contributed by atoms with E-state index in [0.717, 1.165) is 0 Å². The molecule has 2 heterocycles. The van der Waals surface area contributed by atoms with Gasteiger partial charge in [0.15, 0.2) is 0 Å². The van der Waals surface area contributed by atoms with Gasteiger partial charge in [-0.2, -0.15) is 5.26 Å². The van der Waals surface area contributed by atoms with Gasteiger partial charge in [-0.25, -0.2) is 14.4 Å². The first-order valence-corrected chi connectivity index (χ1v) is 9.57. The van der Waals surface area contributed by atoms with Crippen molar-refractivity contribution in [2.45, 2.75) is 52.4 Å². The Morgan fingerprint density at radius 1 is 1.33 bits per heavy atom. The summed E-state index contributed by atoms with van der Waals surface area (Å²) in [7, 11) is 0. The number of halogens is 1. The lowest BCUT2D eigenvalue weighted by Gasteiger charge is -2.23. The number of alkyl halides is 1. The lowest BCUT2D eigenvalue weighted by molar-refractivity contribution is -0.00177. The Morgan fingerprint density at radius 3 is 2.60 bits per heavy atom. The van der Waals surface area contributed by atoms with Gasteiger partial charge in [0.1, 0.15) is 23.9 Å². The number of amides is 1. The molecule has 4 N–H and O–H groups in total. The van der Waals surface area contributed by atoms with Crippen LogP contribution in [0.25, 0.3) is 0 Å². The second-order valence-electron chi connectivity index (χ2n) is 7.81. The molecule has 2 rings (SSSR count). The molecule has 30 heavy (non-hydrogen) atoms. The van der Waals surface area contributed by atoms with Gasteiger partial charge >= 0.3 is 0 Å². The van der Waals surface area contributed by atoms with Gasteiger partial charge in [0, 0.05) is 18.3 Å². The molecule has 2 aromatic rings. The molecule has 0 aliphatic heterocycles. The number of carbonyl (C=O) groups excluding carboxylic acids is 1. The van der Waals surface area contributed by atoms with E-state index in [1.165, 1.54) is 20.0 Å². The zero-order valence-corrected chi connectivity index (χ0v) is 17.7. The number of anilines is 3. The van der Waals surface area contributed by atoms with E-state index in [0.29, 0.717) is 28.6 Å². The summed E-state index contributed by atoms with van der Waals surface area (Å²) in [5.41, 5.74) is 0.293. The fraction of sp³-hybridized carbons (Fsp3) is 0.429. The number of nitriles is 1. The molecule has 9 heteroatoms. The number of hydrogen-bond donors (Lipinski definition) is 4. The van der Waals surface area contributed by atoms with Crippen molar-refractivity contribution in [1.29, 1.82) is 5.26 Å². The number of pyridine rings is 2. The highest BCUT2D eigenvalue weighted by Crippen LogP contribution is 2.23. The number of aryl methyl sites for hydroxylation is 1. The van der Waals surface area contributed by atoms with E-state index in [2.05, 4.69) is 32.0 Å². The summed E-state index contributed by atoms with van der Waals surface area (Å²) in [6.07, 6.45) is -0.224. The van der Waals surface area contributed by atoms with Crippen LogP contribution in [-0.2, 0) is 0 Å². The van der Waals surface area contributed by atoms with Gasteiger partial charge in [-0.1, -0.05) is 0 Å². The first-order chi connectivity index (χ1) is 14.0. The summed E-state index contributed by atoms with van der Waals surface area (Å²) < 4.78 is 14.0. The van der Waals surface area contributed by atoms with Crippen molar-refractivity contribution in [3.8, 4) is 6.07 Å². The molecule has 160 valence electrons. The topological polar surface area (TPSA) is 123 Å². The lowest BCUT2D eigenvalue weighted by Crippen LogP contribution is -2.42. The van der Waals surface area contributed by atoms with E-state index < -0.39 is 17.7 Å². The maximum atomic E-state index is 14.0. The van der Waals surface area contributed by atoms with Gasteiger partial charge in [-0.05, 0) is 46.8 Å². The van der Waals surface area contributed by atoms with Crippen LogP contribution in [0.2, 0.25) is 0 Å². The predicted octanol–water partition coefficient (Wildman–Crippen LogP) is 3.06. The SMILES string of the molecule is Cc1nc(Nc2cc(NC(C)C)c(C(=O)NC[C@@H](F)C(C)(C)O)cn2)ccc1C#N. The van der Waals surface area contributed by atoms with Gasteiger partial charge in [-0.3, -0.25) is 4.79 Å². The molecule has 8 nitrogen and oxygen atoms in total. The zero-order valence-electron chi connectivity index (χ0n) is 17.7. The monoisotopic (exact) mass is 414 g/mol. The minimum absolute atomic E-state index is 0.0346. The highest BCUT2D eigenvalue weighted by atomic mass is 19.1. The molecule has 1 atom stereocenters. The largest absolute Gasteiger partial charge is 0.387 e. The quantitative estimate of drug-likeness (QED) is 0.523. The molecular formula is C21H27FN6O2. The first-order valence-electron chi connectivity index (χ1n) is 9.57. The maximum absolute atomic E-state index is 14.0. The Morgan fingerprint density at radius 2 is 2.03 bits per heavy atom. The van der Waals surface area contributed by atoms with Crippen LogP contribution in [-0.4, -0.2) is 45.3 Å². The third-order valence-electron chi connectivity index (χ3n) is 4.26. The van der Waals surface area contributed by atoms with Gasteiger partial charge in [0.2, 0.25) is 0 Å². The third-order valence-corrected chi connectivity index (χ3v) is 4.26. The Balaban J connectivity index is 2.23. The van der Waals surface area contributed by atoms with Gasteiger partial charge in [0.05, 0.1) is 34.7 Å². The van der Waals surface area contributed by atoms with Crippen LogP contribution < -0.4 is 16.0 Å². The molecule has 0 fully saturated rings. The molecule has 0 saturated carbocycles. The van der Waals surface area contributed by atoms with Crippen LogP contribution in [0.1, 0.15) is 49.3 Å². The molecule has 0 spiro atoms. The number of nitrogens with one attached hydrogen (secondary N) is 3. The molecule has 0 aliphatic carbocycles. The Hall–Kier alpha value is -3.25. The van der Waals surface area contributed by atoms with Crippen LogP contribution in [0.3, 0.4) is 0 Å². The number of aliphatic hydroxyl groups is 1. The van der Waals surface area contributed by atoms with Crippen LogP contribution in [0.4, 0.5) is 21.7 Å². The highest BCUT2D eigenvalue weighted by Gasteiger charge is 2.27. The van der Waals surface area contributed by atoms with Crippen LogP contribution in [0.5, 0.6) is 0 Å². The summed E-state index contributed by atoms with van der Waals surface area (Å²) >= 11 is 0. The minimum Gasteiger partial charge on any atom is -0.387 e. The van der Waals surface area contributed by atoms with Crippen molar-refractivity contribution in [1.82, 2.24) is 15.3 Å². The predicted molar refractivity (Wildman–Crippen MR) is 113 cm³/mol. The summed E-state index contributed by atoms with van der Waals surface area (Å²) in [5, 5.41) is 27.4. The average molecular weight is 414 g/mol. The van der Waals surface area contributed by atoms with E-state index in [1.54, 1.807) is 25.1 Å². The number of hydrogen-bond acceptors (Lipinski definition) is 7.